The predicted octanol–water partition coefficient (Wildman–Crippen LogP) is 2.35. The molecule has 11 nitrogen and oxygen atoms in total. The maximum Gasteiger partial charge on any atom is 0.271 e. The van der Waals surface area contributed by atoms with Gasteiger partial charge in [0, 0.05) is 40.2 Å². The minimum absolute atomic E-state index is 0.0699. The van der Waals surface area contributed by atoms with Crippen LogP contribution in [0.1, 0.15) is 26.3 Å². The number of hydrogen-bond donors (Lipinski definition) is 4. The Bertz CT molecular complexity index is 1540. The summed E-state index contributed by atoms with van der Waals surface area (Å²) in [4.78, 5) is 59.7. The summed E-state index contributed by atoms with van der Waals surface area (Å²) in [5.41, 5.74) is 3.88. The van der Waals surface area contributed by atoms with Gasteiger partial charge in [0.2, 0.25) is 11.6 Å². The Kier molecular flexibility index (Phi) is 11.7. The number of pyridine rings is 1. The molecular weight excluding hydrogens is 627 g/mol. The number of aromatic nitrogens is 1. The van der Waals surface area contributed by atoms with E-state index in [1.165, 1.54) is 28.4 Å². The predicted molar refractivity (Wildman–Crippen MR) is 181 cm³/mol. The second-order valence-corrected chi connectivity index (χ2v) is 14.1. The Morgan fingerprint density at radius 3 is 2.57 bits per heavy atom. The number of hydrogen-bond acceptors (Lipinski definition) is 10. The summed E-state index contributed by atoms with van der Waals surface area (Å²) < 4.78 is 5.80. The monoisotopic (exact) mass is 667 g/mol. The van der Waals surface area contributed by atoms with E-state index in [1.54, 1.807) is 61.1 Å². The van der Waals surface area contributed by atoms with Crippen LogP contribution >= 0.6 is 23.5 Å². The molecule has 3 amide bonds. The molecule has 2 unspecified atom stereocenters. The van der Waals surface area contributed by atoms with Gasteiger partial charge in [-0.3, -0.25) is 29.9 Å². The van der Waals surface area contributed by atoms with Crippen LogP contribution in [0.25, 0.3) is 10.8 Å². The van der Waals surface area contributed by atoms with Crippen molar-refractivity contribution in [3.63, 3.8) is 0 Å². The summed E-state index contributed by atoms with van der Waals surface area (Å²) in [6.07, 6.45) is 5.03. The van der Waals surface area contributed by atoms with E-state index < -0.39 is 46.9 Å². The largest absolute Gasteiger partial charge is 0.483 e. The van der Waals surface area contributed by atoms with Crippen molar-refractivity contribution in [2.75, 3.05) is 30.2 Å². The number of benzene rings is 2. The Morgan fingerprint density at radius 2 is 1.87 bits per heavy atom. The van der Waals surface area contributed by atoms with Crippen molar-refractivity contribution in [3.05, 3.63) is 72.6 Å². The van der Waals surface area contributed by atoms with E-state index in [2.05, 4.69) is 15.6 Å². The van der Waals surface area contributed by atoms with Crippen molar-refractivity contribution < 1.29 is 29.0 Å². The molecule has 1 saturated heterocycles. The number of amides is 3. The minimum atomic E-state index is -2.67. The Morgan fingerprint density at radius 1 is 1.13 bits per heavy atom. The van der Waals surface area contributed by atoms with Crippen LogP contribution in [0.4, 0.5) is 0 Å². The van der Waals surface area contributed by atoms with E-state index >= 15 is 0 Å². The molecule has 1 aliphatic rings. The zero-order valence-electron chi connectivity index (χ0n) is 26.4. The van der Waals surface area contributed by atoms with E-state index in [1.807, 2.05) is 32.9 Å². The molecule has 1 aromatic heterocycles. The van der Waals surface area contributed by atoms with Crippen molar-refractivity contribution in [2.24, 2.45) is 11.7 Å². The second-order valence-electron chi connectivity index (χ2n) is 12.2. The SMILES string of the molecule is CSCC(NC(=O)COc1cccc2cnccc12)C(=O)[C@@H](Cc1ccccc1)[C@](N)(O)C(=O)N1CSCC1C(=O)NC(C)(C)C. The molecule has 13 heteroatoms. The van der Waals surface area contributed by atoms with Gasteiger partial charge in [0.1, 0.15) is 11.8 Å². The van der Waals surface area contributed by atoms with Gasteiger partial charge in [-0.1, -0.05) is 42.5 Å². The van der Waals surface area contributed by atoms with Crippen molar-refractivity contribution >= 4 is 57.8 Å². The molecule has 0 radical (unpaired) electrons. The van der Waals surface area contributed by atoms with Gasteiger partial charge in [-0.15, -0.1) is 11.8 Å². The van der Waals surface area contributed by atoms with Gasteiger partial charge in [0.15, 0.2) is 12.4 Å². The number of ether oxygens (including phenoxy) is 1. The lowest BCUT2D eigenvalue weighted by molar-refractivity contribution is -0.163. The summed E-state index contributed by atoms with van der Waals surface area (Å²) in [5.74, 6) is -2.81. The zero-order valence-corrected chi connectivity index (χ0v) is 28.0. The fourth-order valence-corrected chi connectivity index (χ4v) is 6.95. The fraction of sp³-hybridized carbons (Fsp3) is 0.424. The molecule has 2 aromatic carbocycles. The highest BCUT2D eigenvalue weighted by molar-refractivity contribution is 7.99. The first-order valence-corrected chi connectivity index (χ1v) is 17.4. The van der Waals surface area contributed by atoms with Gasteiger partial charge in [-0.25, -0.2) is 0 Å². The van der Waals surface area contributed by atoms with Crippen molar-refractivity contribution in [1.29, 1.82) is 0 Å². The maximum absolute atomic E-state index is 14.2. The summed E-state index contributed by atoms with van der Waals surface area (Å²) in [5, 5.41) is 19.0. The van der Waals surface area contributed by atoms with Crippen LogP contribution in [0, 0.1) is 5.92 Å². The molecule has 2 heterocycles. The topological polar surface area (TPSA) is 164 Å². The molecule has 4 atom stereocenters. The standard InChI is InChI=1S/C33H41N5O6S2/c1-32(2,3)37-30(41)26-19-46-20-38(26)31(42)33(34,43)24(15-21-9-6-5-7-10-21)29(40)25(18-45-4)36-28(39)17-44-27-12-8-11-22-16-35-14-13-23(22)27/h5-14,16,24-26,43H,15,17-20,34H2,1-4H3,(H,36,39)(H,37,41)/t24-,25?,26?,33+/m1/s1. The Hall–Kier alpha value is -3.65. The van der Waals surface area contributed by atoms with Gasteiger partial charge >= 0.3 is 0 Å². The molecule has 3 aromatic rings. The number of thioether (sulfide) groups is 2. The van der Waals surface area contributed by atoms with E-state index in [0.29, 0.717) is 17.1 Å². The summed E-state index contributed by atoms with van der Waals surface area (Å²) in [7, 11) is 0. The number of Topliss-reactive ketones (excluding diaryl/α,β-unsaturated/α-hetero) is 1. The number of carbonyl (C=O) groups is 4. The number of ketones is 1. The van der Waals surface area contributed by atoms with Gasteiger partial charge in [0.05, 0.1) is 17.8 Å². The third kappa shape index (κ3) is 8.78. The Balaban J connectivity index is 1.56. The zero-order chi connectivity index (χ0) is 33.5. The molecule has 0 bridgehead atoms. The number of nitrogens with two attached hydrogens (primary N) is 1. The van der Waals surface area contributed by atoms with Crippen LogP contribution in [0.2, 0.25) is 0 Å². The number of nitrogens with one attached hydrogen (secondary N) is 2. The van der Waals surface area contributed by atoms with Crippen LogP contribution in [0.15, 0.2) is 67.0 Å². The van der Waals surface area contributed by atoms with Crippen LogP contribution in [-0.4, -0.2) is 92.1 Å². The number of nitrogens with zero attached hydrogens (tertiary/aromatic N) is 2. The highest BCUT2D eigenvalue weighted by Crippen LogP contribution is 2.29. The summed E-state index contributed by atoms with van der Waals surface area (Å²) in [6, 6.07) is 14.1. The first-order chi connectivity index (χ1) is 21.8. The quantitative estimate of drug-likeness (QED) is 0.199. The van der Waals surface area contributed by atoms with Gasteiger partial charge in [-0.05, 0) is 51.1 Å². The van der Waals surface area contributed by atoms with Gasteiger partial charge in [-0.2, -0.15) is 11.8 Å². The van der Waals surface area contributed by atoms with E-state index in [9.17, 15) is 24.3 Å². The molecule has 1 fully saturated rings. The molecule has 0 spiro atoms. The number of rotatable bonds is 13. The van der Waals surface area contributed by atoms with Gasteiger partial charge < -0.3 is 25.4 Å². The third-order valence-corrected chi connectivity index (χ3v) is 9.13. The molecular formula is C33H41N5O6S2. The smallest absolute Gasteiger partial charge is 0.271 e. The van der Waals surface area contributed by atoms with Crippen LogP contribution in [-0.2, 0) is 25.6 Å². The van der Waals surface area contributed by atoms with Crippen molar-refractivity contribution in [2.45, 2.75) is 50.5 Å². The number of fused-ring (bicyclic) bond motifs is 1. The first kappa shape index (κ1) is 35.2. The highest BCUT2D eigenvalue weighted by Gasteiger charge is 2.51. The minimum Gasteiger partial charge on any atom is -0.483 e. The average Bonchev–Trinajstić information content (AvgIpc) is 3.51. The van der Waals surface area contributed by atoms with Crippen LogP contribution in [0.5, 0.6) is 5.75 Å². The second kappa shape index (κ2) is 15.3. The highest BCUT2D eigenvalue weighted by atomic mass is 32.2. The lowest BCUT2D eigenvalue weighted by Gasteiger charge is -2.37. The maximum atomic E-state index is 14.2. The fourth-order valence-electron chi connectivity index (χ4n) is 5.22. The summed E-state index contributed by atoms with van der Waals surface area (Å²) >= 11 is 2.67. The Labute approximate surface area is 277 Å². The van der Waals surface area contributed by atoms with E-state index in [-0.39, 0.29) is 30.6 Å². The normalized spacial score (nSPS) is 17.5. The number of aliphatic hydroxyl groups is 1. The first-order valence-electron chi connectivity index (χ1n) is 14.9. The molecule has 0 saturated carbocycles. The van der Waals surface area contributed by atoms with Crippen molar-refractivity contribution in [3.8, 4) is 5.75 Å². The summed E-state index contributed by atoms with van der Waals surface area (Å²) in [6.45, 7) is 5.12. The van der Waals surface area contributed by atoms with E-state index in [4.69, 9.17) is 10.5 Å². The number of carbonyl (C=O) groups excluding carboxylic acids is 4. The van der Waals surface area contributed by atoms with Gasteiger partial charge in [0.25, 0.3) is 11.8 Å². The molecule has 0 aliphatic carbocycles. The molecule has 46 heavy (non-hydrogen) atoms. The van der Waals surface area contributed by atoms with Crippen LogP contribution < -0.4 is 21.1 Å². The molecule has 246 valence electrons. The van der Waals surface area contributed by atoms with Crippen LogP contribution in [0.3, 0.4) is 0 Å². The molecule has 4 rings (SSSR count). The lowest BCUT2D eigenvalue weighted by atomic mass is 9.82. The molecule has 5 N–H and O–H groups in total. The lowest BCUT2D eigenvalue weighted by Crippen LogP contribution is -2.66. The van der Waals surface area contributed by atoms with E-state index in [0.717, 1.165) is 10.8 Å². The average molecular weight is 668 g/mol. The molecule has 1 aliphatic heterocycles. The van der Waals surface area contributed by atoms with Crippen molar-refractivity contribution in [1.82, 2.24) is 20.5 Å². The third-order valence-electron chi connectivity index (χ3n) is 7.46.